The summed E-state index contributed by atoms with van der Waals surface area (Å²) in [6.07, 6.45) is -1.84. The molecular formula is C21H18N2O7. The van der Waals surface area contributed by atoms with Crippen molar-refractivity contribution >= 4 is 29.2 Å². The first-order valence-electron chi connectivity index (χ1n) is 9.26. The van der Waals surface area contributed by atoms with Gasteiger partial charge in [0.2, 0.25) is 0 Å². The van der Waals surface area contributed by atoms with Crippen molar-refractivity contribution in [2.75, 3.05) is 18.5 Å². The Balaban J connectivity index is 1.58. The highest BCUT2D eigenvalue weighted by molar-refractivity contribution is 6.22. The molecule has 1 fully saturated rings. The molecule has 0 bridgehead atoms. The van der Waals surface area contributed by atoms with Gasteiger partial charge in [-0.1, -0.05) is 18.2 Å². The molecule has 154 valence electrons. The average molecular weight is 410 g/mol. The Morgan fingerprint density at radius 1 is 1.17 bits per heavy atom. The lowest BCUT2D eigenvalue weighted by molar-refractivity contribution is -0.124. The minimum atomic E-state index is -0.983. The number of rotatable bonds is 6. The molecule has 9 heteroatoms. The number of benzene rings is 2. The van der Waals surface area contributed by atoms with Crippen LogP contribution in [0.5, 0.6) is 5.75 Å². The number of Topliss-reactive ketones (excluding diaryl/α,β-unsaturated/α-hetero) is 1. The number of imide groups is 1. The summed E-state index contributed by atoms with van der Waals surface area (Å²) >= 11 is 0. The van der Waals surface area contributed by atoms with Gasteiger partial charge in [0.05, 0.1) is 23.8 Å². The molecule has 2 aromatic rings. The van der Waals surface area contributed by atoms with Crippen LogP contribution >= 0.6 is 0 Å². The summed E-state index contributed by atoms with van der Waals surface area (Å²) in [5.41, 5.74) is 0.758. The van der Waals surface area contributed by atoms with E-state index >= 15 is 0 Å². The van der Waals surface area contributed by atoms with Gasteiger partial charge in [-0.25, -0.2) is 0 Å². The zero-order chi connectivity index (χ0) is 21.3. The SMILES string of the molecule is O=C(COc1ccccc1)Nc1cc2c(c([C@H]3CC(=O)[C@@H](CO)O3)c1)C(=O)NC2=O. The van der Waals surface area contributed by atoms with Crippen LogP contribution in [0.3, 0.4) is 0 Å². The molecule has 4 rings (SSSR count). The van der Waals surface area contributed by atoms with E-state index in [0.29, 0.717) is 11.3 Å². The molecule has 9 nitrogen and oxygen atoms in total. The van der Waals surface area contributed by atoms with Crippen LogP contribution in [0, 0.1) is 0 Å². The van der Waals surface area contributed by atoms with Gasteiger partial charge in [0, 0.05) is 12.1 Å². The van der Waals surface area contributed by atoms with E-state index in [1.807, 2.05) is 6.07 Å². The molecule has 0 aliphatic carbocycles. The van der Waals surface area contributed by atoms with Gasteiger partial charge in [0.1, 0.15) is 11.9 Å². The van der Waals surface area contributed by atoms with Crippen LogP contribution in [0.15, 0.2) is 42.5 Å². The first-order valence-corrected chi connectivity index (χ1v) is 9.26. The van der Waals surface area contributed by atoms with Crippen LogP contribution in [-0.4, -0.2) is 47.9 Å². The second kappa shape index (κ2) is 8.05. The van der Waals surface area contributed by atoms with Crippen LogP contribution in [-0.2, 0) is 14.3 Å². The molecule has 1 saturated heterocycles. The molecule has 2 aliphatic heterocycles. The maximum atomic E-state index is 12.3. The number of nitrogens with one attached hydrogen (secondary N) is 2. The van der Waals surface area contributed by atoms with Gasteiger partial charge in [-0.2, -0.15) is 0 Å². The van der Waals surface area contributed by atoms with Crippen molar-refractivity contribution < 1.29 is 33.8 Å². The third kappa shape index (κ3) is 3.80. The minimum absolute atomic E-state index is 0.0480. The number of carbonyl (C=O) groups excluding carboxylic acids is 4. The Labute approximate surface area is 171 Å². The first-order chi connectivity index (χ1) is 14.5. The van der Waals surface area contributed by atoms with E-state index in [0.717, 1.165) is 0 Å². The highest BCUT2D eigenvalue weighted by atomic mass is 16.5. The monoisotopic (exact) mass is 410 g/mol. The number of aliphatic hydroxyl groups excluding tert-OH is 1. The fraction of sp³-hybridized carbons (Fsp3) is 0.238. The molecule has 3 N–H and O–H groups in total. The molecule has 2 heterocycles. The number of para-hydroxylation sites is 1. The van der Waals surface area contributed by atoms with Crippen molar-refractivity contribution in [1.82, 2.24) is 5.32 Å². The van der Waals surface area contributed by atoms with E-state index in [9.17, 15) is 24.3 Å². The van der Waals surface area contributed by atoms with Crippen LogP contribution in [0.1, 0.15) is 38.8 Å². The highest BCUT2D eigenvalue weighted by Crippen LogP contribution is 2.37. The van der Waals surface area contributed by atoms with E-state index in [4.69, 9.17) is 9.47 Å². The Morgan fingerprint density at radius 2 is 1.93 bits per heavy atom. The van der Waals surface area contributed by atoms with E-state index in [-0.39, 0.29) is 35.6 Å². The zero-order valence-electron chi connectivity index (χ0n) is 15.7. The molecule has 3 amide bonds. The number of fused-ring (bicyclic) bond motifs is 1. The molecule has 30 heavy (non-hydrogen) atoms. The second-order valence-electron chi connectivity index (χ2n) is 6.89. The lowest BCUT2D eigenvalue weighted by Gasteiger charge is -2.16. The quantitative estimate of drug-likeness (QED) is 0.605. The van der Waals surface area contributed by atoms with Crippen LogP contribution < -0.4 is 15.4 Å². The summed E-state index contributed by atoms with van der Waals surface area (Å²) in [6.45, 7) is -0.734. The van der Waals surface area contributed by atoms with E-state index in [1.54, 1.807) is 24.3 Å². The summed E-state index contributed by atoms with van der Waals surface area (Å²) in [4.78, 5) is 48.7. The molecular weight excluding hydrogens is 392 g/mol. The van der Waals surface area contributed by atoms with Gasteiger partial charge in [0.15, 0.2) is 12.4 Å². The predicted molar refractivity (Wildman–Crippen MR) is 103 cm³/mol. The fourth-order valence-electron chi connectivity index (χ4n) is 3.48. The van der Waals surface area contributed by atoms with Crippen molar-refractivity contribution in [3.8, 4) is 5.75 Å². The van der Waals surface area contributed by atoms with Crippen LogP contribution in [0.4, 0.5) is 5.69 Å². The number of hydrogen-bond donors (Lipinski definition) is 3. The number of ketones is 1. The van der Waals surface area contributed by atoms with Crippen molar-refractivity contribution in [3.63, 3.8) is 0 Å². The van der Waals surface area contributed by atoms with E-state index < -0.39 is 36.5 Å². The Kier molecular flexibility index (Phi) is 5.30. The molecule has 0 radical (unpaired) electrons. The third-order valence-corrected chi connectivity index (χ3v) is 4.85. The number of aliphatic hydroxyl groups is 1. The van der Waals surface area contributed by atoms with Gasteiger partial charge >= 0.3 is 0 Å². The molecule has 2 aromatic carbocycles. The minimum Gasteiger partial charge on any atom is -0.484 e. The zero-order valence-corrected chi connectivity index (χ0v) is 15.7. The van der Waals surface area contributed by atoms with Crippen molar-refractivity contribution in [1.29, 1.82) is 0 Å². The first kappa shape index (κ1) is 19.7. The largest absolute Gasteiger partial charge is 0.484 e. The van der Waals surface area contributed by atoms with Crippen LogP contribution in [0.2, 0.25) is 0 Å². The van der Waals surface area contributed by atoms with Crippen molar-refractivity contribution in [3.05, 3.63) is 59.2 Å². The standard InChI is InChI=1S/C21H18N2O7/c24-9-17-15(25)8-16(30-17)13-6-11(7-14-19(13)21(28)23-20(14)27)22-18(26)10-29-12-4-2-1-3-5-12/h1-7,16-17,24H,8-10H2,(H,22,26)(H,23,27,28)/t16-,17-/m1/s1. The van der Waals surface area contributed by atoms with E-state index in [2.05, 4.69) is 10.6 Å². The summed E-state index contributed by atoms with van der Waals surface area (Å²) < 4.78 is 11.0. The Morgan fingerprint density at radius 3 is 2.63 bits per heavy atom. The molecule has 2 atom stereocenters. The number of carbonyl (C=O) groups is 4. The van der Waals surface area contributed by atoms with Gasteiger partial charge < -0.3 is 19.9 Å². The number of amides is 3. The summed E-state index contributed by atoms with van der Waals surface area (Å²) in [6, 6.07) is 11.7. The molecule has 0 aromatic heterocycles. The smallest absolute Gasteiger partial charge is 0.262 e. The van der Waals surface area contributed by atoms with Gasteiger partial charge in [-0.3, -0.25) is 24.5 Å². The Hall–Kier alpha value is -3.56. The summed E-state index contributed by atoms with van der Waals surface area (Å²) in [5.74, 6) is -1.44. The van der Waals surface area contributed by atoms with Gasteiger partial charge in [0.25, 0.3) is 17.7 Å². The molecule has 2 aliphatic rings. The van der Waals surface area contributed by atoms with E-state index in [1.165, 1.54) is 12.1 Å². The number of hydrogen-bond acceptors (Lipinski definition) is 7. The normalized spacial score (nSPS) is 20.1. The maximum absolute atomic E-state index is 12.3. The topological polar surface area (TPSA) is 131 Å². The lowest BCUT2D eigenvalue weighted by atomic mass is 9.95. The van der Waals surface area contributed by atoms with Gasteiger partial charge in [-0.05, 0) is 29.8 Å². The van der Waals surface area contributed by atoms with Gasteiger partial charge in [-0.15, -0.1) is 0 Å². The fourth-order valence-corrected chi connectivity index (χ4v) is 3.48. The lowest BCUT2D eigenvalue weighted by Crippen LogP contribution is -2.21. The predicted octanol–water partition coefficient (Wildman–Crippen LogP) is 0.979. The Bertz CT molecular complexity index is 1040. The number of ether oxygens (including phenoxy) is 2. The van der Waals surface area contributed by atoms with Crippen molar-refractivity contribution in [2.24, 2.45) is 0 Å². The molecule has 0 spiro atoms. The summed E-state index contributed by atoms with van der Waals surface area (Å²) in [5, 5.41) is 14.1. The molecule has 0 unspecified atom stereocenters. The van der Waals surface area contributed by atoms with Crippen LogP contribution in [0.25, 0.3) is 0 Å². The maximum Gasteiger partial charge on any atom is 0.262 e. The molecule has 0 saturated carbocycles. The average Bonchev–Trinajstić information content (AvgIpc) is 3.25. The highest BCUT2D eigenvalue weighted by Gasteiger charge is 2.39. The number of anilines is 1. The van der Waals surface area contributed by atoms with Crippen molar-refractivity contribution in [2.45, 2.75) is 18.6 Å². The second-order valence-corrected chi connectivity index (χ2v) is 6.89. The third-order valence-electron chi connectivity index (χ3n) is 4.85. The summed E-state index contributed by atoms with van der Waals surface area (Å²) in [7, 11) is 0.